The minimum Gasteiger partial charge on any atom is -0.477 e. The molecule has 0 bridgehead atoms. The summed E-state index contributed by atoms with van der Waals surface area (Å²) in [5, 5.41) is 13.8. The number of aromatic carboxylic acids is 1. The van der Waals surface area contributed by atoms with Crippen molar-refractivity contribution in [1.82, 2.24) is 9.78 Å². The van der Waals surface area contributed by atoms with E-state index in [-0.39, 0.29) is 11.4 Å². The average molecular weight is 276 g/mol. The molecule has 0 unspecified atom stereocenters. The summed E-state index contributed by atoms with van der Waals surface area (Å²) in [6.07, 6.45) is -3.32. The van der Waals surface area contributed by atoms with Crippen LogP contribution in [-0.2, 0) is 12.7 Å². The van der Waals surface area contributed by atoms with E-state index >= 15 is 0 Å². The molecule has 0 radical (unpaired) electrons. The van der Waals surface area contributed by atoms with Gasteiger partial charge in [0.2, 0.25) is 0 Å². The topological polar surface area (TPSA) is 55.1 Å². The molecule has 2 rings (SSSR count). The van der Waals surface area contributed by atoms with Crippen LogP contribution in [0.25, 0.3) is 0 Å². The number of halogens is 3. The van der Waals surface area contributed by atoms with Crippen molar-refractivity contribution in [3.63, 3.8) is 0 Å². The standard InChI is InChI=1S/C10H7F3N2O2S/c11-10(12,13)7-1-3-15(14-7)5-6-2-4-18-8(6)9(16)17/h1-4H,5H2,(H,16,17). The van der Waals surface area contributed by atoms with Gasteiger partial charge in [0, 0.05) is 6.20 Å². The second-order valence-electron chi connectivity index (χ2n) is 3.48. The van der Waals surface area contributed by atoms with Gasteiger partial charge in [-0.2, -0.15) is 18.3 Å². The molecule has 0 amide bonds. The first kappa shape index (κ1) is 12.6. The summed E-state index contributed by atoms with van der Waals surface area (Å²) >= 11 is 1.03. The quantitative estimate of drug-likeness (QED) is 0.937. The second kappa shape index (κ2) is 4.45. The maximum absolute atomic E-state index is 12.3. The molecule has 2 heterocycles. The van der Waals surface area contributed by atoms with Crippen LogP contribution in [0, 0.1) is 0 Å². The van der Waals surface area contributed by atoms with E-state index in [1.807, 2.05) is 0 Å². The molecular formula is C10H7F3N2O2S. The summed E-state index contributed by atoms with van der Waals surface area (Å²) in [6, 6.07) is 2.41. The van der Waals surface area contributed by atoms with Gasteiger partial charge in [-0.1, -0.05) is 0 Å². The van der Waals surface area contributed by atoms with Crippen molar-refractivity contribution in [2.24, 2.45) is 0 Å². The van der Waals surface area contributed by atoms with Crippen molar-refractivity contribution >= 4 is 17.3 Å². The Morgan fingerprint density at radius 3 is 2.72 bits per heavy atom. The van der Waals surface area contributed by atoms with Gasteiger partial charge in [-0.05, 0) is 23.1 Å². The number of hydrogen-bond acceptors (Lipinski definition) is 3. The Balaban J connectivity index is 2.22. The molecule has 96 valence electrons. The average Bonchev–Trinajstić information content (AvgIpc) is 2.85. The van der Waals surface area contributed by atoms with Crippen LogP contribution in [0.2, 0.25) is 0 Å². The van der Waals surface area contributed by atoms with E-state index in [4.69, 9.17) is 5.11 Å². The molecule has 18 heavy (non-hydrogen) atoms. The minimum atomic E-state index is -4.49. The number of nitrogens with zero attached hydrogens (tertiary/aromatic N) is 2. The normalized spacial score (nSPS) is 11.7. The van der Waals surface area contributed by atoms with Crippen molar-refractivity contribution in [3.05, 3.63) is 39.8 Å². The number of carbonyl (C=O) groups is 1. The van der Waals surface area contributed by atoms with Crippen LogP contribution in [0.4, 0.5) is 13.2 Å². The van der Waals surface area contributed by atoms with E-state index in [0.29, 0.717) is 5.56 Å². The fraction of sp³-hybridized carbons (Fsp3) is 0.200. The number of hydrogen-bond donors (Lipinski definition) is 1. The predicted octanol–water partition coefficient (Wildman–Crippen LogP) is 2.71. The summed E-state index contributed by atoms with van der Waals surface area (Å²) in [4.78, 5) is 10.9. The Morgan fingerprint density at radius 2 is 2.17 bits per heavy atom. The van der Waals surface area contributed by atoms with Crippen molar-refractivity contribution in [2.45, 2.75) is 12.7 Å². The van der Waals surface area contributed by atoms with E-state index in [0.717, 1.165) is 22.1 Å². The van der Waals surface area contributed by atoms with Crippen LogP contribution in [-0.4, -0.2) is 20.9 Å². The van der Waals surface area contributed by atoms with Gasteiger partial charge >= 0.3 is 12.1 Å². The van der Waals surface area contributed by atoms with Crippen LogP contribution in [0.5, 0.6) is 0 Å². The van der Waals surface area contributed by atoms with Gasteiger partial charge in [-0.25, -0.2) is 4.79 Å². The highest BCUT2D eigenvalue weighted by molar-refractivity contribution is 7.12. The maximum atomic E-state index is 12.3. The third-order valence-electron chi connectivity index (χ3n) is 2.20. The summed E-state index contributed by atoms with van der Waals surface area (Å²) in [5.41, 5.74) is -0.557. The Hall–Kier alpha value is -1.83. The largest absolute Gasteiger partial charge is 0.477 e. The summed E-state index contributed by atoms with van der Waals surface area (Å²) in [6.45, 7) is 0.00120. The molecule has 8 heteroatoms. The van der Waals surface area contributed by atoms with Gasteiger partial charge in [0.25, 0.3) is 0 Å². The van der Waals surface area contributed by atoms with E-state index in [9.17, 15) is 18.0 Å². The van der Waals surface area contributed by atoms with E-state index in [2.05, 4.69) is 5.10 Å². The molecule has 0 fully saturated rings. The van der Waals surface area contributed by atoms with Gasteiger partial charge in [0.1, 0.15) is 4.88 Å². The van der Waals surface area contributed by atoms with Gasteiger partial charge in [0.15, 0.2) is 5.69 Å². The van der Waals surface area contributed by atoms with Crippen molar-refractivity contribution < 1.29 is 23.1 Å². The molecule has 0 saturated heterocycles. The highest BCUT2D eigenvalue weighted by Gasteiger charge is 2.33. The lowest BCUT2D eigenvalue weighted by molar-refractivity contribution is -0.141. The summed E-state index contributed by atoms with van der Waals surface area (Å²) < 4.78 is 38.0. The van der Waals surface area contributed by atoms with Gasteiger partial charge < -0.3 is 5.11 Å². The molecule has 0 aliphatic carbocycles. The van der Waals surface area contributed by atoms with Crippen LogP contribution in [0.15, 0.2) is 23.7 Å². The van der Waals surface area contributed by atoms with Crippen LogP contribution < -0.4 is 0 Å². The first-order valence-electron chi connectivity index (χ1n) is 4.78. The smallest absolute Gasteiger partial charge is 0.435 e. The first-order chi connectivity index (χ1) is 8.38. The Bertz CT molecular complexity index is 574. The Morgan fingerprint density at radius 1 is 1.44 bits per heavy atom. The van der Waals surface area contributed by atoms with Crippen molar-refractivity contribution in [2.75, 3.05) is 0 Å². The number of rotatable bonds is 3. The summed E-state index contributed by atoms with van der Waals surface area (Å²) in [7, 11) is 0. The number of aromatic nitrogens is 2. The molecule has 2 aromatic rings. The molecule has 0 aromatic carbocycles. The highest BCUT2D eigenvalue weighted by Crippen LogP contribution is 2.27. The van der Waals surface area contributed by atoms with E-state index in [1.165, 1.54) is 6.20 Å². The number of carboxylic acids is 1. The zero-order valence-corrected chi connectivity index (χ0v) is 9.63. The van der Waals surface area contributed by atoms with Crippen LogP contribution in [0.1, 0.15) is 20.9 Å². The number of thiophene rings is 1. The molecule has 0 spiro atoms. The Kier molecular flexibility index (Phi) is 3.12. The zero-order valence-electron chi connectivity index (χ0n) is 8.81. The van der Waals surface area contributed by atoms with E-state index < -0.39 is 17.8 Å². The fourth-order valence-electron chi connectivity index (χ4n) is 1.42. The third-order valence-corrected chi connectivity index (χ3v) is 3.15. The zero-order chi connectivity index (χ0) is 13.3. The van der Waals surface area contributed by atoms with Crippen LogP contribution in [0.3, 0.4) is 0 Å². The SMILES string of the molecule is O=C(O)c1sccc1Cn1ccc(C(F)(F)F)n1. The maximum Gasteiger partial charge on any atom is 0.435 e. The lowest BCUT2D eigenvalue weighted by Crippen LogP contribution is -2.09. The third kappa shape index (κ3) is 2.53. The van der Waals surface area contributed by atoms with Crippen molar-refractivity contribution in [1.29, 1.82) is 0 Å². The van der Waals surface area contributed by atoms with Crippen molar-refractivity contribution in [3.8, 4) is 0 Å². The molecule has 4 nitrogen and oxygen atoms in total. The number of carboxylic acid groups (broad SMARTS) is 1. The monoisotopic (exact) mass is 276 g/mol. The molecule has 0 aliphatic rings. The molecule has 0 atom stereocenters. The second-order valence-corrected chi connectivity index (χ2v) is 4.39. The fourth-order valence-corrected chi connectivity index (χ4v) is 2.18. The molecule has 0 aliphatic heterocycles. The lowest BCUT2D eigenvalue weighted by atomic mass is 10.2. The minimum absolute atomic E-state index is 0.00120. The lowest BCUT2D eigenvalue weighted by Gasteiger charge is -2.03. The van der Waals surface area contributed by atoms with E-state index in [1.54, 1.807) is 11.4 Å². The Labute approximate surface area is 103 Å². The molecule has 1 N–H and O–H groups in total. The highest BCUT2D eigenvalue weighted by atomic mass is 32.1. The number of alkyl halides is 3. The molecular weight excluding hydrogens is 269 g/mol. The summed E-state index contributed by atoms with van der Waals surface area (Å²) in [5.74, 6) is -1.09. The predicted molar refractivity (Wildman–Crippen MR) is 57.6 cm³/mol. The van der Waals surface area contributed by atoms with Gasteiger partial charge in [-0.3, -0.25) is 4.68 Å². The molecule has 0 saturated carbocycles. The van der Waals surface area contributed by atoms with Gasteiger partial charge in [-0.15, -0.1) is 11.3 Å². The van der Waals surface area contributed by atoms with Crippen LogP contribution >= 0.6 is 11.3 Å². The van der Waals surface area contributed by atoms with Gasteiger partial charge in [0.05, 0.1) is 6.54 Å². The first-order valence-corrected chi connectivity index (χ1v) is 5.66. The molecule has 2 aromatic heterocycles.